The molecule has 1 aromatic heterocycles. The van der Waals surface area contributed by atoms with E-state index in [9.17, 15) is 13.2 Å². The average molecular weight is 334 g/mol. The van der Waals surface area contributed by atoms with E-state index in [1.54, 1.807) is 47.1 Å². The molecular weight excluding hydrogens is 316 g/mol. The van der Waals surface area contributed by atoms with Crippen molar-refractivity contribution < 1.29 is 13.2 Å². The maximum Gasteiger partial charge on any atom is 0.253 e. The summed E-state index contributed by atoms with van der Waals surface area (Å²) in [4.78, 5) is 14.3. The van der Waals surface area contributed by atoms with Gasteiger partial charge in [0.05, 0.1) is 29.1 Å². The SMILES string of the molecule is C[C@@H]1CCN(C(=O)c2cccc(-n3ccnn3)c2)CCS1(=O)=O. The Kier molecular flexibility index (Phi) is 4.16. The smallest absolute Gasteiger partial charge is 0.253 e. The highest BCUT2D eigenvalue weighted by molar-refractivity contribution is 7.92. The fraction of sp³-hybridized carbons (Fsp3) is 0.400. The van der Waals surface area contributed by atoms with Gasteiger partial charge in [0.25, 0.3) is 5.91 Å². The summed E-state index contributed by atoms with van der Waals surface area (Å²) in [5, 5.41) is 7.26. The van der Waals surface area contributed by atoms with Gasteiger partial charge in [-0.3, -0.25) is 4.79 Å². The predicted octanol–water partition coefficient (Wildman–Crippen LogP) is 0.917. The Labute approximate surface area is 134 Å². The van der Waals surface area contributed by atoms with Gasteiger partial charge in [0, 0.05) is 18.7 Å². The molecule has 1 saturated heterocycles. The van der Waals surface area contributed by atoms with Crippen LogP contribution >= 0.6 is 0 Å². The lowest BCUT2D eigenvalue weighted by Gasteiger charge is -2.20. The van der Waals surface area contributed by atoms with Crippen LogP contribution in [0.5, 0.6) is 0 Å². The molecular formula is C15H18N4O3S. The second-order valence-corrected chi connectivity index (χ2v) is 8.20. The molecule has 3 rings (SSSR count). The van der Waals surface area contributed by atoms with Gasteiger partial charge >= 0.3 is 0 Å². The van der Waals surface area contributed by atoms with Gasteiger partial charge < -0.3 is 4.90 Å². The number of nitrogens with zero attached hydrogens (tertiary/aromatic N) is 4. The normalized spacial score (nSPS) is 20.9. The third kappa shape index (κ3) is 3.26. The molecule has 1 aliphatic heterocycles. The van der Waals surface area contributed by atoms with E-state index >= 15 is 0 Å². The second kappa shape index (κ2) is 6.11. The molecule has 8 heteroatoms. The van der Waals surface area contributed by atoms with Crippen LogP contribution in [0.4, 0.5) is 0 Å². The van der Waals surface area contributed by atoms with Gasteiger partial charge in [-0.2, -0.15) is 0 Å². The van der Waals surface area contributed by atoms with E-state index in [0.29, 0.717) is 18.5 Å². The summed E-state index contributed by atoms with van der Waals surface area (Å²) in [5.41, 5.74) is 1.26. The number of amides is 1. The maximum atomic E-state index is 12.7. The van der Waals surface area contributed by atoms with Crippen molar-refractivity contribution in [3.63, 3.8) is 0 Å². The minimum Gasteiger partial charge on any atom is -0.338 e. The molecule has 0 bridgehead atoms. The van der Waals surface area contributed by atoms with E-state index in [4.69, 9.17) is 0 Å². The van der Waals surface area contributed by atoms with E-state index in [-0.39, 0.29) is 18.2 Å². The first-order chi connectivity index (χ1) is 11.0. The lowest BCUT2D eigenvalue weighted by atomic mass is 10.1. The highest BCUT2D eigenvalue weighted by Crippen LogP contribution is 2.17. The van der Waals surface area contributed by atoms with Crippen molar-refractivity contribution in [3.8, 4) is 5.69 Å². The van der Waals surface area contributed by atoms with Crippen molar-refractivity contribution in [2.45, 2.75) is 18.6 Å². The van der Waals surface area contributed by atoms with Crippen molar-refractivity contribution in [3.05, 3.63) is 42.2 Å². The molecule has 2 aromatic rings. The number of aromatic nitrogens is 3. The topological polar surface area (TPSA) is 85.2 Å². The van der Waals surface area contributed by atoms with Gasteiger partial charge in [0.15, 0.2) is 9.84 Å². The summed E-state index contributed by atoms with van der Waals surface area (Å²) in [5.74, 6) is -0.140. The number of hydrogen-bond donors (Lipinski definition) is 0. The first-order valence-electron chi connectivity index (χ1n) is 7.45. The Morgan fingerprint density at radius 3 is 2.87 bits per heavy atom. The van der Waals surface area contributed by atoms with E-state index in [2.05, 4.69) is 10.3 Å². The highest BCUT2D eigenvalue weighted by Gasteiger charge is 2.28. The molecule has 23 heavy (non-hydrogen) atoms. The van der Waals surface area contributed by atoms with Gasteiger partial charge in [-0.15, -0.1) is 5.10 Å². The minimum absolute atomic E-state index is 0.0165. The highest BCUT2D eigenvalue weighted by atomic mass is 32.2. The lowest BCUT2D eigenvalue weighted by Crippen LogP contribution is -2.33. The predicted molar refractivity (Wildman–Crippen MR) is 85.1 cm³/mol. The molecule has 0 radical (unpaired) electrons. The quantitative estimate of drug-likeness (QED) is 0.815. The monoisotopic (exact) mass is 334 g/mol. The van der Waals surface area contributed by atoms with E-state index < -0.39 is 15.1 Å². The Bertz CT molecular complexity index is 802. The first-order valence-corrected chi connectivity index (χ1v) is 9.16. The fourth-order valence-electron chi connectivity index (χ4n) is 2.58. The molecule has 0 saturated carbocycles. The number of sulfone groups is 1. The van der Waals surface area contributed by atoms with E-state index in [1.807, 2.05) is 6.07 Å². The van der Waals surface area contributed by atoms with Gasteiger partial charge in [0.1, 0.15) is 0 Å². The number of carbonyl (C=O) groups excluding carboxylic acids is 1. The number of hydrogen-bond acceptors (Lipinski definition) is 5. The zero-order chi connectivity index (χ0) is 16.4. The second-order valence-electron chi connectivity index (χ2n) is 5.66. The van der Waals surface area contributed by atoms with Crippen LogP contribution in [-0.2, 0) is 9.84 Å². The van der Waals surface area contributed by atoms with Crippen LogP contribution in [-0.4, -0.2) is 58.3 Å². The van der Waals surface area contributed by atoms with Gasteiger partial charge in [-0.1, -0.05) is 11.3 Å². The van der Waals surface area contributed by atoms with Crippen molar-refractivity contribution >= 4 is 15.7 Å². The average Bonchev–Trinajstić information content (AvgIpc) is 3.04. The van der Waals surface area contributed by atoms with Gasteiger partial charge in [-0.05, 0) is 31.5 Å². The molecule has 1 aromatic carbocycles. The number of carbonyl (C=O) groups is 1. The molecule has 0 unspecified atom stereocenters. The first kappa shape index (κ1) is 15.7. The van der Waals surface area contributed by atoms with Gasteiger partial charge in [0.2, 0.25) is 0 Å². The Balaban J connectivity index is 1.82. The Hall–Kier alpha value is -2.22. The van der Waals surface area contributed by atoms with E-state index in [0.717, 1.165) is 5.69 Å². The van der Waals surface area contributed by atoms with Crippen molar-refractivity contribution in [2.75, 3.05) is 18.8 Å². The van der Waals surface area contributed by atoms with Crippen LogP contribution in [0.25, 0.3) is 5.69 Å². The lowest BCUT2D eigenvalue weighted by molar-refractivity contribution is 0.0767. The van der Waals surface area contributed by atoms with Crippen LogP contribution in [0.1, 0.15) is 23.7 Å². The fourth-order valence-corrected chi connectivity index (χ4v) is 3.92. The largest absolute Gasteiger partial charge is 0.338 e. The summed E-state index contributed by atoms with van der Waals surface area (Å²) in [7, 11) is -3.11. The summed E-state index contributed by atoms with van der Waals surface area (Å²) in [6, 6.07) is 7.08. The third-order valence-electron chi connectivity index (χ3n) is 4.13. The third-order valence-corrected chi connectivity index (χ3v) is 6.35. The van der Waals surface area contributed by atoms with Crippen LogP contribution in [0, 0.1) is 0 Å². The molecule has 2 heterocycles. The summed E-state index contributed by atoms with van der Waals surface area (Å²) >= 11 is 0. The molecule has 0 aliphatic carbocycles. The molecule has 1 amide bonds. The van der Waals surface area contributed by atoms with Crippen LogP contribution in [0.3, 0.4) is 0 Å². The van der Waals surface area contributed by atoms with Crippen LogP contribution in [0.15, 0.2) is 36.7 Å². The maximum absolute atomic E-state index is 12.7. The molecule has 1 atom stereocenters. The minimum atomic E-state index is -3.11. The number of benzene rings is 1. The summed E-state index contributed by atoms with van der Waals surface area (Å²) < 4.78 is 25.5. The van der Waals surface area contributed by atoms with Crippen molar-refractivity contribution in [1.29, 1.82) is 0 Å². The molecule has 1 aliphatic rings. The molecule has 1 fully saturated rings. The van der Waals surface area contributed by atoms with E-state index in [1.165, 1.54) is 0 Å². The van der Waals surface area contributed by atoms with Gasteiger partial charge in [-0.25, -0.2) is 13.1 Å². The standard InChI is InChI=1S/C15H18N4O3S/c1-12-5-7-18(9-10-23(12,21)22)15(20)13-3-2-4-14(11-13)19-8-6-16-17-19/h2-4,6,8,11-12H,5,7,9-10H2,1H3/t12-/m1/s1. The molecule has 122 valence electrons. The van der Waals surface area contributed by atoms with Crippen molar-refractivity contribution in [2.24, 2.45) is 0 Å². The zero-order valence-corrected chi connectivity index (χ0v) is 13.6. The summed E-state index contributed by atoms with van der Waals surface area (Å²) in [6.45, 7) is 2.39. The Morgan fingerprint density at radius 1 is 1.30 bits per heavy atom. The molecule has 0 spiro atoms. The molecule has 7 nitrogen and oxygen atoms in total. The van der Waals surface area contributed by atoms with Crippen LogP contribution < -0.4 is 0 Å². The zero-order valence-electron chi connectivity index (χ0n) is 12.8. The van der Waals surface area contributed by atoms with Crippen molar-refractivity contribution in [1.82, 2.24) is 19.9 Å². The molecule has 0 N–H and O–H groups in total. The number of rotatable bonds is 2. The summed E-state index contributed by atoms with van der Waals surface area (Å²) in [6.07, 6.45) is 3.73. The van der Waals surface area contributed by atoms with Crippen LogP contribution in [0.2, 0.25) is 0 Å². The Morgan fingerprint density at radius 2 is 2.13 bits per heavy atom.